The molecule has 1 rings (SSSR count). The molecular weight excluding hydrogens is 258 g/mol. The lowest BCUT2D eigenvalue weighted by Crippen LogP contribution is -2.22. The highest BCUT2D eigenvalue weighted by molar-refractivity contribution is 9.10. The predicted molar refractivity (Wildman–Crippen MR) is 68.3 cm³/mol. The zero-order chi connectivity index (χ0) is 10.8. The van der Waals surface area contributed by atoms with Crippen LogP contribution < -0.4 is 5.32 Å². The van der Waals surface area contributed by atoms with Crippen molar-refractivity contribution in [3.8, 4) is 0 Å². The molecule has 0 aromatic carbocycles. The lowest BCUT2D eigenvalue weighted by molar-refractivity contribution is 0.476. The molecule has 0 saturated heterocycles. The van der Waals surface area contributed by atoms with Crippen LogP contribution >= 0.6 is 27.3 Å². The molecule has 1 N–H and O–H groups in total. The van der Waals surface area contributed by atoms with Gasteiger partial charge >= 0.3 is 0 Å². The van der Waals surface area contributed by atoms with Crippen LogP contribution in [0.5, 0.6) is 0 Å². The van der Waals surface area contributed by atoms with Crippen molar-refractivity contribution < 1.29 is 0 Å². The Bertz CT molecular complexity index is 304. The Kier molecular flexibility index (Phi) is 4.16. The number of thiophene rings is 1. The molecule has 3 heteroatoms. The summed E-state index contributed by atoms with van der Waals surface area (Å²) in [6.07, 6.45) is 1.17. The molecular formula is C11H18BrNS. The average molecular weight is 276 g/mol. The Morgan fingerprint density at radius 3 is 2.57 bits per heavy atom. The van der Waals surface area contributed by atoms with Crippen LogP contribution in [-0.4, -0.2) is 13.6 Å². The van der Waals surface area contributed by atoms with E-state index >= 15 is 0 Å². The maximum atomic E-state index is 3.63. The van der Waals surface area contributed by atoms with Crippen molar-refractivity contribution in [1.82, 2.24) is 5.32 Å². The van der Waals surface area contributed by atoms with Gasteiger partial charge in [0, 0.05) is 19.6 Å². The third-order valence-corrected chi connectivity index (χ3v) is 4.73. The van der Waals surface area contributed by atoms with Gasteiger partial charge in [0.05, 0.1) is 0 Å². The van der Waals surface area contributed by atoms with Crippen molar-refractivity contribution in [3.05, 3.63) is 20.3 Å². The highest BCUT2D eigenvalue weighted by Crippen LogP contribution is 2.38. The molecule has 14 heavy (non-hydrogen) atoms. The van der Waals surface area contributed by atoms with E-state index in [-0.39, 0.29) is 5.41 Å². The first-order valence-corrected chi connectivity index (χ1v) is 6.49. The zero-order valence-corrected chi connectivity index (χ0v) is 11.7. The van der Waals surface area contributed by atoms with E-state index in [1.807, 2.05) is 18.4 Å². The second kappa shape index (κ2) is 4.77. The molecule has 0 atom stereocenters. The lowest BCUT2D eigenvalue weighted by atomic mass is 9.87. The molecule has 1 heterocycles. The number of hydrogen-bond acceptors (Lipinski definition) is 2. The molecule has 0 aliphatic rings. The Morgan fingerprint density at radius 1 is 1.50 bits per heavy atom. The molecule has 0 amide bonds. The minimum atomic E-state index is 0.265. The number of hydrogen-bond donors (Lipinski definition) is 1. The van der Waals surface area contributed by atoms with Crippen molar-refractivity contribution in [2.45, 2.75) is 32.6 Å². The highest BCUT2D eigenvalue weighted by Gasteiger charge is 2.24. The summed E-state index contributed by atoms with van der Waals surface area (Å²) in [4.78, 5) is 2.84. The second-order valence-corrected chi connectivity index (χ2v) is 6.38. The quantitative estimate of drug-likeness (QED) is 0.884. The van der Waals surface area contributed by atoms with Crippen molar-refractivity contribution in [2.24, 2.45) is 0 Å². The van der Waals surface area contributed by atoms with Gasteiger partial charge in [0.15, 0.2) is 0 Å². The first-order valence-electron chi connectivity index (χ1n) is 4.88. The third-order valence-electron chi connectivity index (χ3n) is 2.42. The molecule has 1 nitrogen and oxygen atoms in total. The van der Waals surface area contributed by atoms with E-state index in [0.717, 1.165) is 6.54 Å². The van der Waals surface area contributed by atoms with Gasteiger partial charge in [-0.05, 0) is 48.9 Å². The predicted octanol–water partition coefficient (Wildman–Crippen LogP) is 3.71. The summed E-state index contributed by atoms with van der Waals surface area (Å²) in [7, 11) is 2.00. The monoisotopic (exact) mass is 275 g/mol. The molecule has 0 fully saturated rings. The van der Waals surface area contributed by atoms with E-state index in [1.54, 1.807) is 0 Å². The summed E-state index contributed by atoms with van der Waals surface area (Å²) < 4.78 is 1.26. The first-order chi connectivity index (χ1) is 6.47. The normalized spacial score (nSPS) is 12.1. The number of halogens is 1. The average Bonchev–Trinajstić information content (AvgIpc) is 2.42. The summed E-state index contributed by atoms with van der Waals surface area (Å²) in [5.74, 6) is 0. The van der Waals surface area contributed by atoms with Crippen LogP contribution in [0.25, 0.3) is 0 Å². The SMILES string of the molecule is CNCCC(C)(C)c1sc(C)cc1Br. The Balaban J connectivity index is 2.85. The Labute approximate surface area is 99.0 Å². The summed E-state index contributed by atoms with van der Waals surface area (Å²) in [6, 6.07) is 2.21. The van der Waals surface area contributed by atoms with Crippen LogP contribution in [0.1, 0.15) is 30.0 Å². The van der Waals surface area contributed by atoms with E-state index in [1.165, 1.54) is 20.6 Å². The van der Waals surface area contributed by atoms with Crippen molar-refractivity contribution in [1.29, 1.82) is 0 Å². The van der Waals surface area contributed by atoms with Gasteiger partial charge in [0.1, 0.15) is 0 Å². The zero-order valence-electron chi connectivity index (χ0n) is 9.28. The Morgan fingerprint density at radius 2 is 2.14 bits per heavy atom. The fourth-order valence-electron chi connectivity index (χ4n) is 1.50. The Hall–Kier alpha value is 0.140. The van der Waals surface area contributed by atoms with Crippen LogP contribution in [0, 0.1) is 6.92 Å². The number of nitrogens with one attached hydrogen (secondary N) is 1. The van der Waals surface area contributed by atoms with Gasteiger partial charge in [-0.15, -0.1) is 11.3 Å². The first kappa shape index (κ1) is 12.2. The molecule has 80 valence electrons. The fourth-order valence-corrected chi connectivity index (χ4v) is 3.80. The largest absolute Gasteiger partial charge is 0.320 e. The van der Waals surface area contributed by atoms with E-state index in [9.17, 15) is 0 Å². The highest BCUT2D eigenvalue weighted by atomic mass is 79.9. The second-order valence-electron chi connectivity index (χ2n) is 4.27. The van der Waals surface area contributed by atoms with E-state index < -0.39 is 0 Å². The van der Waals surface area contributed by atoms with Gasteiger partial charge in [-0.1, -0.05) is 13.8 Å². The molecule has 0 unspecified atom stereocenters. The van der Waals surface area contributed by atoms with E-state index in [0.29, 0.717) is 0 Å². The van der Waals surface area contributed by atoms with Gasteiger partial charge in [-0.25, -0.2) is 0 Å². The minimum absolute atomic E-state index is 0.265. The van der Waals surface area contributed by atoms with E-state index in [2.05, 4.69) is 48.1 Å². The smallest absolute Gasteiger partial charge is 0.0322 e. The summed E-state index contributed by atoms with van der Waals surface area (Å²) in [5.41, 5.74) is 0.265. The van der Waals surface area contributed by atoms with Crippen LogP contribution in [0.2, 0.25) is 0 Å². The fraction of sp³-hybridized carbons (Fsp3) is 0.636. The minimum Gasteiger partial charge on any atom is -0.320 e. The molecule has 0 spiro atoms. The number of rotatable bonds is 4. The molecule has 1 aromatic heterocycles. The summed E-state index contributed by atoms with van der Waals surface area (Å²) >= 11 is 5.53. The molecule has 0 aliphatic heterocycles. The van der Waals surface area contributed by atoms with Crippen LogP contribution in [0.4, 0.5) is 0 Å². The molecule has 0 bridgehead atoms. The molecule has 0 saturated carbocycles. The van der Waals surface area contributed by atoms with Crippen molar-refractivity contribution in [2.75, 3.05) is 13.6 Å². The van der Waals surface area contributed by atoms with Gasteiger partial charge in [0.2, 0.25) is 0 Å². The summed E-state index contributed by atoms with van der Waals surface area (Å²) in [6.45, 7) is 7.84. The van der Waals surface area contributed by atoms with Gasteiger partial charge < -0.3 is 5.32 Å². The lowest BCUT2D eigenvalue weighted by Gasteiger charge is -2.23. The van der Waals surface area contributed by atoms with Gasteiger partial charge in [0.25, 0.3) is 0 Å². The maximum absolute atomic E-state index is 3.63. The third kappa shape index (κ3) is 2.81. The molecule has 0 aliphatic carbocycles. The maximum Gasteiger partial charge on any atom is 0.0322 e. The molecule has 0 radical (unpaired) electrons. The van der Waals surface area contributed by atoms with Crippen molar-refractivity contribution in [3.63, 3.8) is 0 Å². The topological polar surface area (TPSA) is 12.0 Å². The van der Waals surface area contributed by atoms with Crippen LogP contribution in [0.15, 0.2) is 10.5 Å². The van der Waals surface area contributed by atoms with E-state index in [4.69, 9.17) is 0 Å². The van der Waals surface area contributed by atoms with Crippen LogP contribution in [0.3, 0.4) is 0 Å². The standard InChI is InChI=1S/C11H18BrNS/c1-8-7-9(12)10(14-8)11(2,3)5-6-13-4/h7,13H,5-6H2,1-4H3. The number of aryl methyl sites for hydroxylation is 1. The van der Waals surface area contributed by atoms with Crippen molar-refractivity contribution >= 4 is 27.3 Å². The van der Waals surface area contributed by atoms with Crippen LogP contribution in [-0.2, 0) is 5.41 Å². The van der Waals surface area contributed by atoms with Gasteiger partial charge in [-0.3, -0.25) is 0 Å². The van der Waals surface area contributed by atoms with Gasteiger partial charge in [-0.2, -0.15) is 0 Å². The molecule has 1 aromatic rings. The summed E-state index contributed by atoms with van der Waals surface area (Å²) in [5, 5.41) is 3.21.